The summed E-state index contributed by atoms with van der Waals surface area (Å²) in [5, 5.41) is 3.68. The minimum absolute atomic E-state index is 0. The molecule has 3 aromatic heterocycles. The summed E-state index contributed by atoms with van der Waals surface area (Å²) in [7, 11) is -1.35. The Morgan fingerprint density at radius 2 is 1.52 bits per heavy atom. The van der Waals surface area contributed by atoms with Crippen molar-refractivity contribution in [3.05, 3.63) is 145 Å². The number of hydrogen-bond donors (Lipinski definition) is 0. The zero-order valence-corrected chi connectivity index (χ0v) is 32.8. The van der Waals surface area contributed by atoms with Crippen LogP contribution in [0, 0.1) is 25.0 Å². The van der Waals surface area contributed by atoms with Gasteiger partial charge in [0, 0.05) is 37.4 Å². The normalized spacial score (nSPS) is 11.5. The van der Waals surface area contributed by atoms with Crippen molar-refractivity contribution in [1.82, 2.24) is 14.5 Å². The molecule has 0 aliphatic carbocycles. The molecule has 0 spiro atoms. The Morgan fingerprint density at radius 3 is 2.28 bits per heavy atom. The smallest absolute Gasteiger partial charge is 0.120 e. The average molecular weight is 848 g/mol. The van der Waals surface area contributed by atoms with Gasteiger partial charge in [0.25, 0.3) is 0 Å². The van der Waals surface area contributed by atoms with Gasteiger partial charge in [-0.3, -0.25) is 4.98 Å². The summed E-state index contributed by atoms with van der Waals surface area (Å²) in [4.78, 5) is 9.68. The van der Waals surface area contributed by atoms with E-state index in [0.29, 0.717) is 5.92 Å². The number of hydrogen-bond acceptors (Lipinski definition) is 3. The fourth-order valence-corrected chi connectivity index (χ4v) is 8.13. The average Bonchev–Trinajstić information content (AvgIpc) is 3.67. The van der Waals surface area contributed by atoms with Gasteiger partial charge in [0.1, 0.15) is 5.58 Å². The topological polar surface area (TPSA) is 43.9 Å². The number of rotatable bonds is 6. The van der Waals surface area contributed by atoms with Gasteiger partial charge in [-0.2, -0.15) is 0 Å². The van der Waals surface area contributed by atoms with E-state index in [-0.39, 0.29) is 20.1 Å². The summed E-state index contributed by atoms with van der Waals surface area (Å²) in [5.41, 5.74) is 10.5. The van der Waals surface area contributed by atoms with Crippen LogP contribution in [0.5, 0.6) is 0 Å². The van der Waals surface area contributed by atoms with Crippen LogP contribution in [-0.4, -0.2) is 22.6 Å². The summed E-state index contributed by atoms with van der Waals surface area (Å²) >= 11 is 0. The first-order chi connectivity index (χ1) is 23.7. The van der Waals surface area contributed by atoms with E-state index in [0.717, 1.165) is 67.7 Å². The van der Waals surface area contributed by atoms with Crippen LogP contribution in [0.2, 0.25) is 19.6 Å². The molecule has 0 saturated carbocycles. The predicted octanol–water partition coefficient (Wildman–Crippen LogP) is 11.0. The second-order valence-corrected chi connectivity index (χ2v) is 19.2. The molecule has 0 saturated heterocycles. The Bertz CT molecular complexity index is 2400. The fourth-order valence-electron chi connectivity index (χ4n) is 6.55. The van der Waals surface area contributed by atoms with Crippen LogP contribution in [-0.2, 0) is 26.5 Å². The zero-order valence-electron chi connectivity index (χ0n) is 29.4. The monoisotopic (exact) mass is 848 g/mol. The van der Waals surface area contributed by atoms with Gasteiger partial charge >= 0.3 is 0 Å². The van der Waals surface area contributed by atoms with E-state index in [2.05, 4.69) is 112 Å². The number of aryl methyl sites for hydroxylation is 1. The minimum Gasteiger partial charge on any atom is -0.501 e. The maximum absolute atomic E-state index is 6.24. The summed E-state index contributed by atoms with van der Waals surface area (Å²) in [6.07, 6.45) is 3.25. The summed E-state index contributed by atoms with van der Waals surface area (Å²) in [6.45, 7) is 13.9. The largest absolute Gasteiger partial charge is 0.501 e. The van der Waals surface area contributed by atoms with E-state index in [1.807, 2.05) is 66.7 Å². The molecular weight excluding hydrogens is 807 g/mol. The molecule has 0 atom stereocenters. The van der Waals surface area contributed by atoms with E-state index < -0.39 is 8.07 Å². The predicted molar refractivity (Wildman–Crippen MR) is 207 cm³/mol. The summed E-state index contributed by atoms with van der Waals surface area (Å²) in [6, 6.07) is 45.8. The maximum atomic E-state index is 6.24. The molecule has 50 heavy (non-hydrogen) atoms. The number of benzene rings is 5. The van der Waals surface area contributed by atoms with Gasteiger partial charge in [-0.25, -0.2) is 0 Å². The van der Waals surface area contributed by atoms with Crippen LogP contribution in [0.4, 0.5) is 0 Å². The SMILES string of the molecule is Cc1cc[c-]c(-c2cc(CC(C)C)c([Si](C)(C)C)cn2)c1.[Ir].[c-]1ccc2c(oc3ccccc32)c1-c1nc2ccccc2n1-c1ccccc1. The van der Waals surface area contributed by atoms with E-state index in [4.69, 9.17) is 14.4 Å². The number of fused-ring (bicyclic) bond motifs is 4. The van der Waals surface area contributed by atoms with Crippen molar-refractivity contribution in [2.24, 2.45) is 5.92 Å². The molecule has 0 bridgehead atoms. The molecule has 0 aliphatic heterocycles. The molecule has 253 valence electrons. The third-order valence-electron chi connectivity index (χ3n) is 8.80. The van der Waals surface area contributed by atoms with Gasteiger partial charge in [-0.05, 0) is 53.6 Å². The minimum atomic E-state index is -1.35. The van der Waals surface area contributed by atoms with Crippen LogP contribution in [0.1, 0.15) is 25.0 Å². The third-order valence-corrected chi connectivity index (χ3v) is 10.9. The number of furan rings is 1. The Morgan fingerprint density at radius 1 is 0.800 bits per heavy atom. The van der Waals surface area contributed by atoms with Crippen molar-refractivity contribution in [3.8, 4) is 28.3 Å². The Hall–Kier alpha value is -4.61. The first kappa shape index (κ1) is 35.2. The van der Waals surface area contributed by atoms with Crippen molar-refractivity contribution in [2.45, 2.75) is 46.8 Å². The molecule has 0 fully saturated rings. The molecule has 3 heterocycles. The molecule has 0 aliphatic rings. The quantitative estimate of drug-likeness (QED) is 0.124. The summed E-state index contributed by atoms with van der Waals surface area (Å²) in [5.74, 6) is 1.49. The first-order valence-corrected chi connectivity index (χ1v) is 20.5. The molecule has 0 amide bonds. The molecule has 1 radical (unpaired) electrons. The van der Waals surface area contributed by atoms with E-state index >= 15 is 0 Å². The molecule has 8 aromatic rings. The molecule has 0 unspecified atom stereocenters. The van der Waals surface area contributed by atoms with Gasteiger partial charge in [-0.1, -0.05) is 112 Å². The molecule has 5 aromatic carbocycles. The van der Waals surface area contributed by atoms with Crippen LogP contribution in [0.25, 0.3) is 61.3 Å². The Balaban J connectivity index is 0.000000177. The number of aromatic nitrogens is 3. The molecule has 6 heteroatoms. The van der Waals surface area contributed by atoms with Crippen LogP contribution < -0.4 is 5.19 Å². The number of pyridine rings is 1. The third kappa shape index (κ3) is 7.15. The number of para-hydroxylation sites is 4. The first-order valence-electron chi connectivity index (χ1n) is 17.0. The standard InChI is InChI=1S/C25H15N2O.C19H26NSi.Ir/c1-2-9-17(10-3-1)27-22-15-6-5-14-21(22)26-25(27)20-13-8-12-19-18-11-4-7-16-23(18)28-24(19)20;1-14(2)10-17-12-18(16-9-7-8-15(3)11-16)20-13-19(17)21(4,5)6;/h1-12,14-16H;7-8,11-14H,10H2,1-6H3;/q2*-1;. The van der Waals surface area contributed by atoms with Crippen molar-refractivity contribution in [3.63, 3.8) is 0 Å². The van der Waals surface area contributed by atoms with Gasteiger partial charge in [0.2, 0.25) is 0 Å². The van der Waals surface area contributed by atoms with Gasteiger partial charge in [0.15, 0.2) is 0 Å². The van der Waals surface area contributed by atoms with E-state index in [1.165, 1.54) is 16.3 Å². The molecule has 8 rings (SSSR count). The molecule has 4 nitrogen and oxygen atoms in total. The summed E-state index contributed by atoms with van der Waals surface area (Å²) < 4.78 is 8.41. The van der Waals surface area contributed by atoms with Crippen molar-refractivity contribution < 1.29 is 24.5 Å². The molecular formula is C44H41IrN3OSi-2. The molecule has 0 N–H and O–H groups in total. The van der Waals surface area contributed by atoms with E-state index in [1.54, 1.807) is 0 Å². The van der Waals surface area contributed by atoms with Crippen LogP contribution >= 0.6 is 0 Å². The van der Waals surface area contributed by atoms with Gasteiger partial charge in [-0.15, -0.1) is 53.6 Å². The van der Waals surface area contributed by atoms with Crippen LogP contribution in [0.3, 0.4) is 0 Å². The maximum Gasteiger partial charge on any atom is 0.120 e. The van der Waals surface area contributed by atoms with Gasteiger partial charge < -0.3 is 14.0 Å². The number of imidazole rings is 1. The second kappa shape index (κ2) is 14.7. The zero-order chi connectivity index (χ0) is 34.1. The fraction of sp³-hybridized carbons (Fsp3) is 0.182. The van der Waals surface area contributed by atoms with Crippen molar-refractivity contribution in [2.75, 3.05) is 0 Å². The van der Waals surface area contributed by atoms with Crippen LogP contribution in [0.15, 0.2) is 126 Å². The van der Waals surface area contributed by atoms with Gasteiger partial charge in [0.05, 0.1) is 30.5 Å². The Labute approximate surface area is 309 Å². The second-order valence-electron chi connectivity index (χ2n) is 14.1. The Kier molecular flexibility index (Phi) is 10.4. The van der Waals surface area contributed by atoms with E-state index in [9.17, 15) is 0 Å². The van der Waals surface area contributed by atoms with Crippen molar-refractivity contribution in [1.29, 1.82) is 0 Å². The number of nitrogens with zero attached hydrogens (tertiary/aromatic N) is 3. The van der Waals surface area contributed by atoms with Crippen molar-refractivity contribution >= 4 is 46.2 Å².